The summed E-state index contributed by atoms with van der Waals surface area (Å²) in [4.78, 5) is 12.5. The molecule has 1 amide bonds. The molecule has 1 N–H and O–H groups in total. The molecule has 7 nitrogen and oxygen atoms in total. The van der Waals surface area contributed by atoms with Gasteiger partial charge in [-0.3, -0.25) is 14.4 Å². The molecule has 0 saturated heterocycles. The van der Waals surface area contributed by atoms with Crippen LogP contribution in [0.1, 0.15) is 30.9 Å². The van der Waals surface area contributed by atoms with Gasteiger partial charge in [0.05, 0.1) is 11.9 Å². The minimum absolute atomic E-state index is 0.319. The summed E-state index contributed by atoms with van der Waals surface area (Å²) >= 11 is 1.23. The van der Waals surface area contributed by atoms with Gasteiger partial charge < -0.3 is 0 Å². The Balaban J connectivity index is 1.73. The first-order valence-electron chi connectivity index (χ1n) is 9.41. The number of nitrogens with one attached hydrogen (secondary N) is 1. The van der Waals surface area contributed by atoms with E-state index in [0.29, 0.717) is 21.7 Å². The third-order valence-corrected chi connectivity index (χ3v) is 6.53. The zero-order chi connectivity index (χ0) is 21.9. The Morgan fingerprint density at radius 2 is 1.70 bits per heavy atom. The first-order valence-corrected chi connectivity index (χ1v) is 12.1. The third-order valence-electron chi connectivity index (χ3n) is 4.51. The fourth-order valence-corrected chi connectivity index (χ4v) is 4.42. The van der Waals surface area contributed by atoms with Gasteiger partial charge in [0.2, 0.25) is 21.1 Å². The molecule has 3 aromatic rings. The van der Waals surface area contributed by atoms with Crippen molar-refractivity contribution in [2.75, 3.05) is 22.4 Å². The number of benzene rings is 2. The van der Waals surface area contributed by atoms with Crippen molar-refractivity contribution < 1.29 is 13.2 Å². The minimum atomic E-state index is -3.64. The van der Waals surface area contributed by atoms with Crippen LogP contribution in [0.15, 0.2) is 48.5 Å². The van der Waals surface area contributed by atoms with Crippen LogP contribution < -0.4 is 9.62 Å². The van der Waals surface area contributed by atoms with E-state index < -0.39 is 15.9 Å². The number of aryl methyl sites for hydroxylation is 1. The molecule has 0 fully saturated rings. The Kier molecular flexibility index (Phi) is 6.52. The highest BCUT2D eigenvalue weighted by Crippen LogP contribution is 2.27. The Bertz CT molecular complexity index is 1120. The molecule has 0 unspecified atom stereocenters. The van der Waals surface area contributed by atoms with Gasteiger partial charge in [-0.1, -0.05) is 67.1 Å². The highest BCUT2D eigenvalue weighted by molar-refractivity contribution is 7.92. The number of sulfonamides is 1. The molecule has 2 aromatic carbocycles. The molecule has 0 aliphatic heterocycles. The van der Waals surface area contributed by atoms with E-state index in [1.165, 1.54) is 11.3 Å². The first-order chi connectivity index (χ1) is 14.1. The second kappa shape index (κ2) is 8.93. The molecule has 0 saturated carbocycles. The predicted octanol–water partition coefficient (Wildman–Crippen LogP) is 4.04. The predicted molar refractivity (Wildman–Crippen MR) is 121 cm³/mol. The number of anilines is 2. The summed E-state index contributed by atoms with van der Waals surface area (Å²) in [5, 5.41) is 11.7. The van der Waals surface area contributed by atoms with Gasteiger partial charge >= 0.3 is 0 Å². The summed E-state index contributed by atoms with van der Waals surface area (Å²) in [6, 6.07) is 15.0. The van der Waals surface area contributed by atoms with E-state index in [0.717, 1.165) is 27.3 Å². The molecule has 30 heavy (non-hydrogen) atoms. The number of hydrogen-bond acceptors (Lipinski definition) is 6. The van der Waals surface area contributed by atoms with Gasteiger partial charge in [0.25, 0.3) is 0 Å². The maximum Gasteiger partial charge on any atom is 0.246 e. The monoisotopic (exact) mass is 444 g/mol. The average Bonchev–Trinajstić information content (AvgIpc) is 3.14. The summed E-state index contributed by atoms with van der Waals surface area (Å²) < 4.78 is 25.6. The lowest BCUT2D eigenvalue weighted by Crippen LogP contribution is -2.37. The Morgan fingerprint density at radius 1 is 1.07 bits per heavy atom. The smallest absolute Gasteiger partial charge is 0.246 e. The molecule has 0 bridgehead atoms. The summed E-state index contributed by atoms with van der Waals surface area (Å²) in [5.41, 5.74) is 3.57. The zero-order valence-electron chi connectivity index (χ0n) is 17.3. The van der Waals surface area contributed by atoms with Crippen LogP contribution in [-0.4, -0.2) is 37.3 Å². The standard InChI is InChI=1S/C21H24N4O3S2/c1-14(2)16-9-11-18(12-10-16)25(30(4,27)28)13-19(26)22-21-24-23-20(29-21)17-7-5-15(3)6-8-17/h5-12,14H,13H2,1-4H3,(H,22,24,26). The highest BCUT2D eigenvalue weighted by Gasteiger charge is 2.22. The van der Waals surface area contributed by atoms with Crippen LogP contribution in [0.5, 0.6) is 0 Å². The number of amides is 1. The van der Waals surface area contributed by atoms with E-state index in [9.17, 15) is 13.2 Å². The van der Waals surface area contributed by atoms with Gasteiger partial charge in [0.1, 0.15) is 11.6 Å². The molecular weight excluding hydrogens is 420 g/mol. The average molecular weight is 445 g/mol. The van der Waals surface area contributed by atoms with Gasteiger partial charge in [-0.2, -0.15) is 0 Å². The molecule has 1 heterocycles. The summed E-state index contributed by atoms with van der Waals surface area (Å²) in [6.45, 7) is 5.77. The molecule has 3 rings (SSSR count). The van der Waals surface area contributed by atoms with Crippen molar-refractivity contribution in [3.05, 3.63) is 59.7 Å². The Labute approximate surface area is 180 Å². The number of carbonyl (C=O) groups is 1. The van der Waals surface area contributed by atoms with Crippen molar-refractivity contribution in [2.45, 2.75) is 26.7 Å². The topological polar surface area (TPSA) is 92.3 Å². The second-order valence-electron chi connectivity index (χ2n) is 7.34. The van der Waals surface area contributed by atoms with Gasteiger partial charge in [-0.05, 0) is 30.5 Å². The van der Waals surface area contributed by atoms with Crippen LogP contribution >= 0.6 is 11.3 Å². The van der Waals surface area contributed by atoms with E-state index in [-0.39, 0.29) is 6.54 Å². The summed E-state index contributed by atoms with van der Waals surface area (Å²) in [7, 11) is -3.64. The Morgan fingerprint density at radius 3 is 2.27 bits per heavy atom. The quantitative estimate of drug-likeness (QED) is 0.594. The van der Waals surface area contributed by atoms with E-state index in [4.69, 9.17) is 0 Å². The van der Waals surface area contributed by atoms with Crippen molar-refractivity contribution in [3.63, 3.8) is 0 Å². The van der Waals surface area contributed by atoms with Crippen molar-refractivity contribution in [1.82, 2.24) is 10.2 Å². The summed E-state index contributed by atoms with van der Waals surface area (Å²) in [5.74, 6) is -0.158. The number of carbonyl (C=O) groups excluding carboxylic acids is 1. The third kappa shape index (κ3) is 5.43. The van der Waals surface area contributed by atoms with Crippen LogP contribution in [0.2, 0.25) is 0 Å². The van der Waals surface area contributed by atoms with Gasteiger partial charge in [0.15, 0.2) is 0 Å². The fraction of sp³-hybridized carbons (Fsp3) is 0.286. The number of hydrogen-bond donors (Lipinski definition) is 1. The lowest BCUT2D eigenvalue weighted by Gasteiger charge is -2.22. The van der Waals surface area contributed by atoms with E-state index in [1.807, 2.05) is 43.3 Å². The molecule has 9 heteroatoms. The van der Waals surface area contributed by atoms with Crippen molar-refractivity contribution in [2.24, 2.45) is 0 Å². The maximum absolute atomic E-state index is 12.5. The van der Waals surface area contributed by atoms with Gasteiger partial charge in [-0.25, -0.2) is 8.42 Å². The minimum Gasteiger partial charge on any atom is -0.299 e. The molecule has 0 spiro atoms. The van der Waals surface area contributed by atoms with Gasteiger partial charge in [-0.15, -0.1) is 10.2 Å². The lowest BCUT2D eigenvalue weighted by atomic mass is 10.0. The molecule has 0 atom stereocenters. The number of rotatable bonds is 7. The van der Waals surface area contributed by atoms with Crippen LogP contribution in [0.4, 0.5) is 10.8 Å². The number of nitrogens with zero attached hydrogens (tertiary/aromatic N) is 3. The van der Waals surface area contributed by atoms with E-state index >= 15 is 0 Å². The molecule has 0 radical (unpaired) electrons. The molecule has 0 aliphatic rings. The molecule has 158 valence electrons. The van der Waals surface area contributed by atoms with Crippen LogP contribution in [0.25, 0.3) is 10.6 Å². The molecule has 0 aliphatic carbocycles. The first kappa shape index (κ1) is 21.9. The highest BCUT2D eigenvalue weighted by atomic mass is 32.2. The normalized spacial score (nSPS) is 11.5. The van der Waals surface area contributed by atoms with E-state index in [2.05, 4.69) is 29.4 Å². The van der Waals surface area contributed by atoms with Crippen LogP contribution in [0.3, 0.4) is 0 Å². The SMILES string of the molecule is Cc1ccc(-c2nnc(NC(=O)CN(c3ccc(C(C)C)cc3)S(C)(=O)=O)s2)cc1. The van der Waals surface area contributed by atoms with E-state index in [1.54, 1.807) is 12.1 Å². The number of aromatic nitrogens is 2. The van der Waals surface area contributed by atoms with Gasteiger partial charge in [0, 0.05) is 5.56 Å². The van der Waals surface area contributed by atoms with Crippen molar-refractivity contribution >= 4 is 38.1 Å². The molecule has 1 aromatic heterocycles. The van der Waals surface area contributed by atoms with Crippen LogP contribution in [-0.2, 0) is 14.8 Å². The van der Waals surface area contributed by atoms with Crippen molar-refractivity contribution in [3.8, 4) is 10.6 Å². The van der Waals surface area contributed by atoms with Crippen molar-refractivity contribution in [1.29, 1.82) is 0 Å². The zero-order valence-corrected chi connectivity index (χ0v) is 18.9. The molecular formula is C21H24N4O3S2. The lowest BCUT2D eigenvalue weighted by molar-refractivity contribution is -0.114. The Hall–Kier alpha value is -2.78. The largest absolute Gasteiger partial charge is 0.299 e. The summed E-state index contributed by atoms with van der Waals surface area (Å²) in [6.07, 6.45) is 1.08. The fourth-order valence-electron chi connectivity index (χ4n) is 2.80. The second-order valence-corrected chi connectivity index (χ2v) is 10.2. The van der Waals surface area contributed by atoms with Crippen LogP contribution in [0, 0.1) is 6.92 Å². The maximum atomic E-state index is 12.5.